The summed E-state index contributed by atoms with van der Waals surface area (Å²) < 4.78 is 13.2. The molecule has 0 radical (unpaired) electrons. The highest BCUT2D eigenvalue weighted by Gasteiger charge is 2.03. The highest BCUT2D eigenvalue weighted by molar-refractivity contribution is 5.90. The molecule has 0 fully saturated rings. The lowest BCUT2D eigenvalue weighted by Crippen LogP contribution is -2.00. The first-order chi connectivity index (χ1) is 9.24. The van der Waals surface area contributed by atoms with Crippen LogP contribution in [0.5, 0.6) is 0 Å². The first-order valence-electron chi connectivity index (χ1n) is 6.15. The molecule has 3 nitrogen and oxygen atoms in total. The molecule has 0 spiro atoms. The number of aromatic nitrogens is 2. The molecule has 0 unspecified atom stereocenters. The SMILES string of the molecule is Cc1cc(CNc2cccc3[nH]ncc23)ccc1F. The van der Waals surface area contributed by atoms with E-state index >= 15 is 0 Å². The van der Waals surface area contributed by atoms with Gasteiger partial charge >= 0.3 is 0 Å². The van der Waals surface area contributed by atoms with E-state index in [0.29, 0.717) is 12.1 Å². The third-order valence-electron chi connectivity index (χ3n) is 3.19. The topological polar surface area (TPSA) is 40.7 Å². The number of hydrogen-bond donors (Lipinski definition) is 2. The molecule has 0 aliphatic rings. The zero-order chi connectivity index (χ0) is 13.2. The fraction of sp³-hybridized carbons (Fsp3) is 0.133. The van der Waals surface area contributed by atoms with Gasteiger partial charge in [-0.2, -0.15) is 5.10 Å². The van der Waals surface area contributed by atoms with Crippen molar-refractivity contribution in [2.75, 3.05) is 5.32 Å². The number of fused-ring (bicyclic) bond motifs is 1. The van der Waals surface area contributed by atoms with Gasteiger partial charge in [-0.15, -0.1) is 0 Å². The number of aromatic amines is 1. The van der Waals surface area contributed by atoms with E-state index in [4.69, 9.17) is 0 Å². The molecule has 0 saturated carbocycles. The number of nitrogens with one attached hydrogen (secondary N) is 2. The minimum absolute atomic E-state index is 0.166. The van der Waals surface area contributed by atoms with E-state index in [1.165, 1.54) is 6.07 Å². The van der Waals surface area contributed by atoms with Crippen LogP contribution >= 0.6 is 0 Å². The maximum Gasteiger partial charge on any atom is 0.126 e. The smallest absolute Gasteiger partial charge is 0.126 e. The highest BCUT2D eigenvalue weighted by Crippen LogP contribution is 2.21. The van der Waals surface area contributed by atoms with Gasteiger partial charge < -0.3 is 5.32 Å². The van der Waals surface area contributed by atoms with Crippen LogP contribution in [0, 0.1) is 12.7 Å². The van der Waals surface area contributed by atoms with E-state index in [1.807, 2.05) is 24.3 Å². The predicted octanol–water partition coefficient (Wildman–Crippen LogP) is 3.62. The van der Waals surface area contributed by atoms with Crippen molar-refractivity contribution >= 4 is 16.6 Å². The Morgan fingerprint density at radius 2 is 2.16 bits per heavy atom. The molecule has 0 amide bonds. The van der Waals surface area contributed by atoms with E-state index in [9.17, 15) is 4.39 Å². The zero-order valence-electron chi connectivity index (χ0n) is 10.6. The third-order valence-corrected chi connectivity index (χ3v) is 3.19. The Morgan fingerprint density at radius 1 is 1.26 bits per heavy atom. The van der Waals surface area contributed by atoms with Crippen LogP contribution in [-0.4, -0.2) is 10.2 Å². The summed E-state index contributed by atoms with van der Waals surface area (Å²) in [5, 5.41) is 11.4. The van der Waals surface area contributed by atoms with Crippen molar-refractivity contribution in [3.8, 4) is 0 Å². The van der Waals surface area contributed by atoms with E-state index in [1.54, 1.807) is 19.2 Å². The summed E-state index contributed by atoms with van der Waals surface area (Å²) in [4.78, 5) is 0. The van der Waals surface area contributed by atoms with Crippen LogP contribution in [0.3, 0.4) is 0 Å². The maximum atomic E-state index is 13.2. The Kier molecular flexibility index (Phi) is 2.91. The molecule has 96 valence electrons. The average molecular weight is 255 g/mol. The largest absolute Gasteiger partial charge is 0.380 e. The molecule has 19 heavy (non-hydrogen) atoms. The van der Waals surface area contributed by atoms with Gasteiger partial charge in [-0.25, -0.2) is 4.39 Å². The Bertz CT molecular complexity index is 718. The fourth-order valence-electron chi connectivity index (χ4n) is 2.14. The molecule has 4 heteroatoms. The number of anilines is 1. The van der Waals surface area contributed by atoms with Gasteiger partial charge in [0.15, 0.2) is 0 Å². The molecule has 0 saturated heterocycles. The number of H-pyrrole nitrogens is 1. The molecule has 3 aromatic rings. The number of rotatable bonds is 3. The third kappa shape index (κ3) is 2.29. The number of benzene rings is 2. The number of halogens is 1. The lowest BCUT2D eigenvalue weighted by Gasteiger charge is -2.08. The van der Waals surface area contributed by atoms with E-state index < -0.39 is 0 Å². The van der Waals surface area contributed by atoms with Gasteiger partial charge in [0, 0.05) is 17.6 Å². The van der Waals surface area contributed by atoms with Crippen LogP contribution in [0.1, 0.15) is 11.1 Å². The molecule has 3 rings (SSSR count). The molecule has 0 aliphatic heterocycles. The maximum absolute atomic E-state index is 13.2. The Balaban J connectivity index is 1.82. The van der Waals surface area contributed by atoms with Crippen molar-refractivity contribution in [1.82, 2.24) is 10.2 Å². The normalized spacial score (nSPS) is 10.8. The summed E-state index contributed by atoms with van der Waals surface area (Å²) >= 11 is 0. The summed E-state index contributed by atoms with van der Waals surface area (Å²) in [5.74, 6) is -0.166. The first-order valence-corrected chi connectivity index (χ1v) is 6.15. The Hall–Kier alpha value is -2.36. The van der Waals surface area contributed by atoms with Crippen molar-refractivity contribution < 1.29 is 4.39 Å². The van der Waals surface area contributed by atoms with Crippen LogP contribution in [0.4, 0.5) is 10.1 Å². The van der Waals surface area contributed by atoms with Gasteiger partial charge in [0.05, 0.1) is 11.7 Å². The number of aryl methyl sites for hydroxylation is 1. The molecule has 1 heterocycles. The fourth-order valence-corrected chi connectivity index (χ4v) is 2.14. The van der Waals surface area contributed by atoms with Crippen LogP contribution in [0.2, 0.25) is 0 Å². The highest BCUT2D eigenvalue weighted by atomic mass is 19.1. The van der Waals surface area contributed by atoms with Gasteiger partial charge in [0.25, 0.3) is 0 Å². The molecular weight excluding hydrogens is 241 g/mol. The van der Waals surface area contributed by atoms with Crippen molar-refractivity contribution in [2.24, 2.45) is 0 Å². The number of nitrogens with zero attached hydrogens (tertiary/aromatic N) is 1. The van der Waals surface area contributed by atoms with Gasteiger partial charge in [-0.05, 0) is 36.2 Å². The standard InChI is InChI=1S/C15H14FN3/c1-10-7-11(5-6-13(10)16)8-17-14-3-2-4-15-12(14)9-18-19-15/h2-7,9,17H,8H2,1H3,(H,18,19). The van der Waals surface area contributed by atoms with Gasteiger partial charge in [-0.3, -0.25) is 5.10 Å². The van der Waals surface area contributed by atoms with E-state index in [2.05, 4.69) is 15.5 Å². The molecular formula is C15H14FN3. The van der Waals surface area contributed by atoms with Crippen LogP contribution in [-0.2, 0) is 6.54 Å². The minimum atomic E-state index is -0.166. The molecule has 0 aliphatic carbocycles. The van der Waals surface area contributed by atoms with E-state index in [-0.39, 0.29) is 5.82 Å². The quantitative estimate of drug-likeness (QED) is 0.750. The monoisotopic (exact) mass is 255 g/mol. The lowest BCUT2D eigenvalue weighted by molar-refractivity contribution is 0.617. The van der Waals surface area contributed by atoms with Crippen LogP contribution in [0.25, 0.3) is 10.9 Å². The van der Waals surface area contributed by atoms with Gasteiger partial charge in [-0.1, -0.05) is 18.2 Å². The van der Waals surface area contributed by atoms with Crippen molar-refractivity contribution in [3.63, 3.8) is 0 Å². The molecule has 2 aromatic carbocycles. The van der Waals surface area contributed by atoms with Crippen LogP contribution < -0.4 is 5.32 Å². The number of hydrogen-bond acceptors (Lipinski definition) is 2. The predicted molar refractivity (Wildman–Crippen MR) is 74.6 cm³/mol. The molecule has 1 aromatic heterocycles. The first kappa shape index (κ1) is 11.7. The van der Waals surface area contributed by atoms with Crippen LogP contribution in [0.15, 0.2) is 42.6 Å². The Morgan fingerprint density at radius 3 is 3.00 bits per heavy atom. The van der Waals surface area contributed by atoms with Gasteiger partial charge in [0.2, 0.25) is 0 Å². The molecule has 0 atom stereocenters. The van der Waals surface area contributed by atoms with Crippen molar-refractivity contribution in [1.29, 1.82) is 0 Å². The summed E-state index contributed by atoms with van der Waals surface area (Å²) in [6.45, 7) is 2.43. The van der Waals surface area contributed by atoms with Crippen molar-refractivity contribution in [2.45, 2.75) is 13.5 Å². The lowest BCUT2D eigenvalue weighted by atomic mass is 10.1. The second-order valence-corrected chi connectivity index (χ2v) is 4.57. The second kappa shape index (κ2) is 4.72. The summed E-state index contributed by atoms with van der Waals surface area (Å²) in [5.41, 5.74) is 3.74. The molecule has 2 N–H and O–H groups in total. The zero-order valence-corrected chi connectivity index (χ0v) is 10.6. The summed E-state index contributed by atoms with van der Waals surface area (Å²) in [6.07, 6.45) is 1.80. The Labute approximate surface area is 110 Å². The summed E-state index contributed by atoms with van der Waals surface area (Å²) in [7, 11) is 0. The summed E-state index contributed by atoms with van der Waals surface area (Å²) in [6, 6.07) is 11.1. The minimum Gasteiger partial charge on any atom is -0.380 e. The van der Waals surface area contributed by atoms with Gasteiger partial charge in [0.1, 0.15) is 5.82 Å². The van der Waals surface area contributed by atoms with E-state index in [0.717, 1.165) is 22.2 Å². The average Bonchev–Trinajstić information content (AvgIpc) is 2.89. The molecule has 0 bridgehead atoms. The van der Waals surface area contributed by atoms with Crippen molar-refractivity contribution in [3.05, 3.63) is 59.5 Å². The second-order valence-electron chi connectivity index (χ2n) is 4.57.